The molecular weight excluding hydrogens is 785 g/mol. The molecule has 0 fully saturated rings. The first kappa shape index (κ1) is 38.2. The largest absolute Gasteiger partial charge is 0.355 e. The molecule has 0 radical (unpaired) electrons. The van der Waals surface area contributed by atoms with Crippen LogP contribution in [0, 0.1) is 0 Å². The molecule has 11 aromatic rings. The van der Waals surface area contributed by atoms with Crippen LogP contribution in [0.25, 0.3) is 66.1 Å². The van der Waals surface area contributed by atoms with Gasteiger partial charge in [-0.05, 0) is 120 Å². The molecule has 0 aromatic heterocycles. The molecule has 0 saturated heterocycles. The predicted octanol–water partition coefficient (Wildman–Crippen LogP) is 16.8. The monoisotopic (exact) mass is 828 g/mol. The average Bonchev–Trinajstić information content (AvgIpc) is 3.68. The van der Waals surface area contributed by atoms with Gasteiger partial charge >= 0.3 is 0 Å². The van der Waals surface area contributed by atoms with E-state index in [0.29, 0.717) is 0 Å². The molecule has 0 atom stereocenters. The Morgan fingerprint density at radius 3 is 1.65 bits per heavy atom. The topological polar surface area (TPSA) is 24.1 Å². The molecular formula is C63H44N2. The van der Waals surface area contributed by atoms with Gasteiger partial charge < -0.3 is 10.6 Å². The van der Waals surface area contributed by atoms with Crippen LogP contribution in [0.4, 0.5) is 22.7 Å². The van der Waals surface area contributed by atoms with Crippen LogP contribution in [0.5, 0.6) is 0 Å². The summed E-state index contributed by atoms with van der Waals surface area (Å²) in [4.78, 5) is 0. The molecule has 0 heterocycles. The van der Waals surface area contributed by atoms with Gasteiger partial charge in [0.05, 0.1) is 5.41 Å². The minimum atomic E-state index is -0.458. The molecule has 2 N–H and O–H groups in total. The lowest BCUT2D eigenvalue weighted by molar-refractivity contribution is 0.768. The lowest BCUT2D eigenvalue weighted by Crippen LogP contribution is -2.28. The van der Waals surface area contributed by atoms with Crippen LogP contribution in [-0.4, -0.2) is 0 Å². The van der Waals surface area contributed by atoms with Crippen molar-refractivity contribution < 1.29 is 0 Å². The zero-order valence-electron chi connectivity index (χ0n) is 35.7. The van der Waals surface area contributed by atoms with Crippen LogP contribution in [0.1, 0.15) is 22.3 Å². The summed E-state index contributed by atoms with van der Waals surface area (Å²) in [5.74, 6) is 0. The highest BCUT2D eigenvalue weighted by atomic mass is 14.9. The summed E-state index contributed by atoms with van der Waals surface area (Å²) in [6.45, 7) is 0. The quantitative estimate of drug-likeness (QED) is 0.151. The summed E-state index contributed by atoms with van der Waals surface area (Å²) >= 11 is 0. The van der Waals surface area contributed by atoms with Crippen molar-refractivity contribution in [2.75, 3.05) is 10.6 Å². The van der Waals surface area contributed by atoms with Gasteiger partial charge in [0.15, 0.2) is 0 Å². The summed E-state index contributed by atoms with van der Waals surface area (Å²) in [7, 11) is 0. The van der Waals surface area contributed by atoms with Crippen molar-refractivity contribution in [1.29, 1.82) is 0 Å². The summed E-state index contributed by atoms with van der Waals surface area (Å²) in [5, 5.41) is 12.5. The molecule has 0 bridgehead atoms. The summed E-state index contributed by atoms with van der Waals surface area (Å²) in [5.41, 5.74) is 18.3. The van der Waals surface area contributed by atoms with E-state index in [1.807, 2.05) is 0 Å². The minimum absolute atomic E-state index is 0.458. The van der Waals surface area contributed by atoms with Gasteiger partial charge in [0.1, 0.15) is 0 Å². The Labute approximate surface area is 380 Å². The molecule has 306 valence electrons. The molecule has 0 spiro atoms. The van der Waals surface area contributed by atoms with Crippen molar-refractivity contribution in [3.05, 3.63) is 277 Å². The maximum Gasteiger partial charge on any atom is 0.0713 e. The fourth-order valence-electron chi connectivity index (χ4n) is 10.3. The fraction of sp³-hybridized carbons (Fsp3) is 0.0159. The van der Waals surface area contributed by atoms with E-state index in [1.165, 1.54) is 54.9 Å². The minimum Gasteiger partial charge on any atom is -0.355 e. The standard InChI is InChI=1S/C63H44N2/c1-3-23-50(24-4-1)63(51-25-5-2-6-26-51)58-30-13-11-29-55(58)57-42-49(34-37-59(57)63)56-41-47(35-38-62(56)64-52-36-33-43-17-7-8-19-46(43)40-52)45-21-15-22-48(39-45)54-28-12-14-31-60(54)65-61-32-16-20-44-18-9-10-27-53(44)61/h1-42,64-65H. The summed E-state index contributed by atoms with van der Waals surface area (Å²) in [6.07, 6.45) is 0. The maximum absolute atomic E-state index is 3.87. The number of rotatable bonds is 9. The van der Waals surface area contributed by atoms with Crippen LogP contribution >= 0.6 is 0 Å². The molecule has 0 amide bonds. The van der Waals surface area contributed by atoms with E-state index in [2.05, 4.69) is 265 Å². The lowest BCUT2D eigenvalue weighted by Gasteiger charge is -2.33. The Balaban J connectivity index is 0.998. The molecule has 11 aromatic carbocycles. The number of hydrogen-bond donors (Lipinski definition) is 2. The number of nitrogens with one attached hydrogen (secondary N) is 2. The Bertz CT molecular complexity index is 3510. The van der Waals surface area contributed by atoms with Crippen LogP contribution in [0.3, 0.4) is 0 Å². The number of para-hydroxylation sites is 1. The molecule has 2 heteroatoms. The van der Waals surface area contributed by atoms with Gasteiger partial charge in [-0.15, -0.1) is 0 Å². The van der Waals surface area contributed by atoms with E-state index in [0.717, 1.165) is 56.1 Å². The first-order valence-corrected chi connectivity index (χ1v) is 22.4. The normalized spacial score (nSPS) is 12.4. The molecule has 0 aliphatic heterocycles. The van der Waals surface area contributed by atoms with Gasteiger partial charge in [-0.1, -0.05) is 206 Å². The Kier molecular flexibility index (Phi) is 9.43. The predicted molar refractivity (Wildman–Crippen MR) is 275 cm³/mol. The number of hydrogen-bond acceptors (Lipinski definition) is 2. The SMILES string of the molecule is c1ccc(C2(c3ccccc3)c3ccccc3-c3cc(-c4cc(-c5cccc(-c6ccccc6Nc6cccc7ccccc67)c5)ccc4Nc4ccc5ccccc5c4)ccc32)cc1. The highest BCUT2D eigenvalue weighted by Crippen LogP contribution is 2.57. The average molecular weight is 829 g/mol. The highest BCUT2D eigenvalue weighted by molar-refractivity contribution is 5.98. The molecule has 12 rings (SSSR count). The van der Waals surface area contributed by atoms with Gasteiger partial charge in [0.2, 0.25) is 0 Å². The van der Waals surface area contributed by atoms with Crippen LogP contribution in [0.15, 0.2) is 255 Å². The lowest BCUT2D eigenvalue weighted by atomic mass is 9.67. The third kappa shape index (κ3) is 6.67. The number of benzene rings is 11. The first-order chi connectivity index (χ1) is 32.2. The summed E-state index contributed by atoms with van der Waals surface area (Å²) in [6, 6.07) is 92.8. The zero-order chi connectivity index (χ0) is 43.2. The van der Waals surface area contributed by atoms with Crippen LogP contribution in [-0.2, 0) is 5.41 Å². The Morgan fingerprint density at radius 1 is 0.262 bits per heavy atom. The van der Waals surface area contributed by atoms with E-state index in [-0.39, 0.29) is 0 Å². The number of fused-ring (bicyclic) bond motifs is 5. The van der Waals surface area contributed by atoms with Gasteiger partial charge in [0, 0.05) is 39.3 Å². The Hall–Kier alpha value is -8.46. The van der Waals surface area contributed by atoms with Gasteiger partial charge in [-0.3, -0.25) is 0 Å². The molecule has 2 nitrogen and oxygen atoms in total. The Morgan fingerprint density at radius 2 is 0.815 bits per heavy atom. The van der Waals surface area contributed by atoms with Gasteiger partial charge in [0.25, 0.3) is 0 Å². The zero-order valence-corrected chi connectivity index (χ0v) is 35.7. The molecule has 65 heavy (non-hydrogen) atoms. The van der Waals surface area contributed by atoms with E-state index in [9.17, 15) is 0 Å². The van der Waals surface area contributed by atoms with Crippen molar-refractivity contribution >= 4 is 44.3 Å². The maximum atomic E-state index is 3.87. The molecule has 1 aliphatic rings. The van der Waals surface area contributed by atoms with Crippen molar-refractivity contribution in [2.45, 2.75) is 5.41 Å². The first-order valence-electron chi connectivity index (χ1n) is 22.4. The van der Waals surface area contributed by atoms with Crippen LogP contribution in [0.2, 0.25) is 0 Å². The highest BCUT2D eigenvalue weighted by Gasteiger charge is 2.46. The van der Waals surface area contributed by atoms with E-state index >= 15 is 0 Å². The van der Waals surface area contributed by atoms with E-state index < -0.39 is 5.41 Å². The van der Waals surface area contributed by atoms with Crippen molar-refractivity contribution in [3.63, 3.8) is 0 Å². The third-order valence-electron chi connectivity index (χ3n) is 13.3. The summed E-state index contributed by atoms with van der Waals surface area (Å²) < 4.78 is 0. The second-order valence-corrected chi connectivity index (χ2v) is 17.0. The van der Waals surface area contributed by atoms with Crippen molar-refractivity contribution in [2.24, 2.45) is 0 Å². The van der Waals surface area contributed by atoms with Crippen molar-refractivity contribution in [3.8, 4) is 44.5 Å². The molecule has 1 aliphatic carbocycles. The van der Waals surface area contributed by atoms with Crippen molar-refractivity contribution in [1.82, 2.24) is 0 Å². The van der Waals surface area contributed by atoms with Gasteiger partial charge in [-0.2, -0.15) is 0 Å². The molecule has 0 saturated carbocycles. The van der Waals surface area contributed by atoms with Gasteiger partial charge in [-0.25, -0.2) is 0 Å². The number of anilines is 4. The smallest absolute Gasteiger partial charge is 0.0713 e. The third-order valence-corrected chi connectivity index (χ3v) is 13.3. The van der Waals surface area contributed by atoms with E-state index in [4.69, 9.17) is 0 Å². The molecule has 0 unspecified atom stereocenters. The second-order valence-electron chi connectivity index (χ2n) is 17.0. The van der Waals surface area contributed by atoms with Crippen LogP contribution < -0.4 is 10.6 Å². The van der Waals surface area contributed by atoms with E-state index in [1.54, 1.807) is 0 Å². The second kappa shape index (κ2) is 16.0. The fourth-order valence-corrected chi connectivity index (χ4v) is 10.3.